The van der Waals surface area contributed by atoms with Crippen molar-refractivity contribution in [1.82, 2.24) is 9.97 Å². The SMILES string of the molecule is CCCNc1ncnc(Nc2ccc(OC)c(F)c2)c1C. The van der Waals surface area contributed by atoms with E-state index < -0.39 is 5.82 Å². The maximum atomic E-state index is 13.7. The molecule has 6 heteroatoms. The molecule has 5 nitrogen and oxygen atoms in total. The van der Waals surface area contributed by atoms with E-state index in [4.69, 9.17) is 4.74 Å². The lowest BCUT2D eigenvalue weighted by Crippen LogP contribution is -2.07. The first-order chi connectivity index (χ1) is 10.2. The number of hydrogen-bond donors (Lipinski definition) is 2. The van der Waals surface area contributed by atoms with Gasteiger partial charge in [-0.25, -0.2) is 14.4 Å². The van der Waals surface area contributed by atoms with Crippen LogP contribution in [0.25, 0.3) is 0 Å². The summed E-state index contributed by atoms with van der Waals surface area (Å²) in [5, 5.41) is 6.33. The first kappa shape index (κ1) is 15.0. The number of aromatic nitrogens is 2. The predicted molar refractivity (Wildman–Crippen MR) is 81.8 cm³/mol. The molecule has 0 atom stereocenters. The molecule has 0 aliphatic heterocycles. The van der Waals surface area contributed by atoms with E-state index in [1.807, 2.05) is 6.92 Å². The van der Waals surface area contributed by atoms with Crippen molar-refractivity contribution in [2.45, 2.75) is 20.3 Å². The Morgan fingerprint density at radius 1 is 1.24 bits per heavy atom. The number of ether oxygens (including phenoxy) is 1. The normalized spacial score (nSPS) is 10.3. The van der Waals surface area contributed by atoms with Crippen LogP contribution in [0.4, 0.5) is 21.7 Å². The third-order valence-corrected chi connectivity index (χ3v) is 3.04. The molecule has 0 radical (unpaired) electrons. The summed E-state index contributed by atoms with van der Waals surface area (Å²) in [6.07, 6.45) is 2.49. The number of methoxy groups -OCH3 is 1. The lowest BCUT2D eigenvalue weighted by atomic mass is 10.2. The molecular formula is C15H19FN4O. The van der Waals surface area contributed by atoms with Gasteiger partial charge in [0.2, 0.25) is 0 Å². The van der Waals surface area contributed by atoms with E-state index >= 15 is 0 Å². The fraction of sp³-hybridized carbons (Fsp3) is 0.333. The van der Waals surface area contributed by atoms with Crippen molar-refractivity contribution < 1.29 is 9.13 Å². The van der Waals surface area contributed by atoms with Crippen molar-refractivity contribution in [2.24, 2.45) is 0 Å². The lowest BCUT2D eigenvalue weighted by molar-refractivity contribution is 0.386. The molecule has 0 spiro atoms. The number of hydrogen-bond acceptors (Lipinski definition) is 5. The quantitative estimate of drug-likeness (QED) is 0.852. The summed E-state index contributed by atoms with van der Waals surface area (Å²) in [7, 11) is 1.44. The molecule has 1 heterocycles. The summed E-state index contributed by atoms with van der Waals surface area (Å²) in [4.78, 5) is 8.41. The summed E-state index contributed by atoms with van der Waals surface area (Å²) in [5.74, 6) is 1.22. The lowest BCUT2D eigenvalue weighted by Gasteiger charge is -2.13. The average molecular weight is 290 g/mol. The van der Waals surface area contributed by atoms with Gasteiger partial charge in [-0.05, 0) is 25.5 Å². The first-order valence-electron chi connectivity index (χ1n) is 6.81. The second-order valence-corrected chi connectivity index (χ2v) is 4.60. The third kappa shape index (κ3) is 3.59. The maximum Gasteiger partial charge on any atom is 0.167 e. The van der Waals surface area contributed by atoms with Crippen LogP contribution in [0.5, 0.6) is 5.75 Å². The summed E-state index contributed by atoms with van der Waals surface area (Å²) < 4.78 is 18.6. The predicted octanol–water partition coefficient (Wildman–Crippen LogP) is 3.50. The molecule has 0 aliphatic rings. The Labute approximate surface area is 123 Å². The third-order valence-electron chi connectivity index (χ3n) is 3.04. The molecule has 112 valence electrons. The first-order valence-corrected chi connectivity index (χ1v) is 6.81. The Balaban J connectivity index is 2.21. The summed E-state index contributed by atoms with van der Waals surface area (Å²) in [6, 6.07) is 4.69. The fourth-order valence-electron chi connectivity index (χ4n) is 1.88. The van der Waals surface area contributed by atoms with E-state index in [9.17, 15) is 4.39 Å². The molecule has 1 aromatic carbocycles. The van der Waals surface area contributed by atoms with Crippen LogP contribution in [0.3, 0.4) is 0 Å². The smallest absolute Gasteiger partial charge is 0.167 e. The molecular weight excluding hydrogens is 271 g/mol. The van der Waals surface area contributed by atoms with E-state index in [0.29, 0.717) is 11.5 Å². The van der Waals surface area contributed by atoms with Gasteiger partial charge in [-0.1, -0.05) is 6.92 Å². The number of nitrogens with zero attached hydrogens (tertiary/aromatic N) is 2. The van der Waals surface area contributed by atoms with Gasteiger partial charge >= 0.3 is 0 Å². The molecule has 0 amide bonds. The molecule has 0 unspecified atom stereocenters. The molecule has 2 aromatic rings. The number of anilines is 3. The van der Waals surface area contributed by atoms with Crippen LogP contribution < -0.4 is 15.4 Å². The largest absolute Gasteiger partial charge is 0.494 e. The zero-order chi connectivity index (χ0) is 15.2. The monoisotopic (exact) mass is 290 g/mol. The van der Waals surface area contributed by atoms with Crippen molar-refractivity contribution in [3.05, 3.63) is 35.9 Å². The summed E-state index contributed by atoms with van der Waals surface area (Å²) in [5.41, 5.74) is 1.50. The second kappa shape index (κ2) is 6.88. The molecule has 0 bridgehead atoms. The molecule has 0 aliphatic carbocycles. The van der Waals surface area contributed by atoms with Crippen LogP contribution >= 0.6 is 0 Å². The van der Waals surface area contributed by atoms with Gasteiger partial charge in [-0.15, -0.1) is 0 Å². The van der Waals surface area contributed by atoms with Crippen LogP contribution in [-0.4, -0.2) is 23.6 Å². The van der Waals surface area contributed by atoms with Gasteiger partial charge in [0, 0.05) is 23.9 Å². The highest BCUT2D eigenvalue weighted by atomic mass is 19.1. The summed E-state index contributed by atoms with van der Waals surface area (Å²) in [6.45, 7) is 4.84. The Bertz CT molecular complexity index is 619. The van der Waals surface area contributed by atoms with Crippen LogP contribution in [-0.2, 0) is 0 Å². The van der Waals surface area contributed by atoms with E-state index in [1.165, 1.54) is 19.5 Å². The minimum absolute atomic E-state index is 0.213. The maximum absolute atomic E-state index is 13.7. The van der Waals surface area contributed by atoms with Gasteiger partial charge in [0.1, 0.15) is 18.0 Å². The van der Waals surface area contributed by atoms with Crippen molar-refractivity contribution in [2.75, 3.05) is 24.3 Å². The Hall–Kier alpha value is -2.37. The van der Waals surface area contributed by atoms with E-state index in [2.05, 4.69) is 27.5 Å². The molecule has 0 fully saturated rings. The van der Waals surface area contributed by atoms with E-state index in [0.717, 1.165) is 24.3 Å². The molecule has 0 saturated carbocycles. The Kier molecular flexibility index (Phi) is 4.92. The number of halogens is 1. The van der Waals surface area contributed by atoms with Crippen LogP contribution in [0, 0.1) is 12.7 Å². The van der Waals surface area contributed by atoms with E-state index in [1.54, 1.807) is 12.1 Å². The van der Waals surface area contributed by atoms with Crippen molar-refractivity contribution in [3.8, 4) is 5.75 Å². The molecule has 1 aromatic heterocycles. The standard InChI is InChI=1S/C15H19FN4O/c1-4-7-17-14-10(2)15(19-9-18-14)20-11-5-6-13(21-3)12(16)8-11/h5-6,8-9H,4,7H2,1-3H3,(H2,17,18,19,20). The Morgan fingerprint density at radius 2 is 2.00 bits per heavy atom. The molecule has 21 heavy (non-hydrogen) atoms. The zero-order valence-corrected chi connectivity index (χ0v) is 12.4. The minimum Gasteiger partial charge on any atom is -0.494 e. The van der Waals surface area contributed by atoms with Gasteiger partial charge in [-0.3, -0.25) is 0 Å². The van der Waals surface area contributed by atoms with Crippen molar-refractivity contribution in [3.63, 3.8) is 0 Å². The van der Waals surface area contributed by atoms with Crippen molar-refractivity contribution in [1.29, 1.82) is 0 Å². The average Bonchev–Trinajstić information content (AvgIpc) is 2.48. The molecule has 0 saturated heterocycles. The molecule has 2 N–H and O–H groups in total. The van der Waals surface area contributed by atoms with Gasteiger partial charge in [-0.2, -0.15) is 0 Å². The Morgan fingerprint density at radius 3 is 2.67 bits per heavy atom. The van der Waals surface area contributed by atoms with Gasteiger partial charge in [0.15, 0.2) is 11.6 Å². The van der Waals surface area contributed by atoms with Gasteiger partial charge in [0.05, 0.1) is 7.11 Å². The van der Waals surface area contributed by atoms with Crippen molar-refractivity contribution >= 4 is 17.3 Å². The minimum atomic E-state index is -0.418. The zero-order valence-electron chi connectivity index (χ0n) is 12.4. The number of rotatable bonds is 6. The van der Waals surface area contributed by atoms with Gasteiger partial charge < -0.3 is 15.4 Å². The summed E-state index contributed by atoms with van der Waals surface area (Å²) >= 11 is 0. The van der Waals surface area contributed by atoms with Crippen LogP contribution in [0.1, 0.15) is 18.9 Å². The van der Waals surface area contributed by atoms with Crippen LogP contribution in [0.15, 0.2) is 24.5 Å². The fourth-order valence-corrected chi connectivity index (χ4v) is 1.88. The highest BCUT2D eigenvalue weighted by Crippen LogP contribution is 2.25. The highest BCUT2D eigenvalue weighted by molar-refractivity contribution is 5.64. The van der Waals surface area contributed by atoms with Gasteiger partial charge in [0.25, 0.3) is 0 Å². The highest BCUT2D eigenvalue weighted by Gasteiger charge is 2.08. The number of benzene rings is 1. The van der Waals surface area contributed by atoms with Crippen LogP contribution in [0.2, 0.25) is 0 Å². The molecule has 2 rings (SSSR count). The van der Waals surface area contributed by atoms with E-state index in [-0.39, 0.29) is 5.75 Å². The number of nitrogens with one attached hydrogen (secondary N) is 2. The second-order valence-electron chi connectivity index (χ2n) is 4.60. The topological polar surface area (TPSA) is 59.1 Å².